The summed E-state index contributed by atoms with van der Waals surface area (Å²) in [6, 6.07) is -0.462. The van der Waals surface area contributed by atoms with Gasteiger partial charge in [-0.1, -0.05) is 32.8 Å². The topological polar surface area (TPSA) is 61.4 Å². The lowest BCUT2D eigenvalue weighted by molar-refractivity contribution is -0.121. The van der Waals surface area contributed by atoms with Crippen molar-refractivity contribution >= 4 is 11.9 Å². The monoisotopic (exact) mass is 269 g/mol. The van der Waals surface area contributed by atoms with Crippen LogP contribution in [0, 0.1) is 0 Å². The van der Waals surface area contributed by atoms with Gasteiger partial charge in [-0.2, -0.15) is 0 Å². The van der Waals surface area contributed by atoms with E-state index in [0.29, 0.717) is 6.54 Å². The summed E-state index contributed by atoms with van der Waals surface area (Å²) < 4.78 is 0. The van der Waals surface area contributed by atoms with Crippen LogP contribution in [0.3, 0.4) is 0 Å². The number of rotatable bonds is 10. The maximum atomic E-state index is 11.7. The van der Waals surface area contributed by atoms with Crippen LogP contribution < -0.4 is 10.6 Å². The molecule has 0 saturated carbocycles. The van der Waals surface area contributed by atoms with Crippen LogP contribution in [0.5, 0.6) is 0 Å². The van der Waals surface area contributed by atoms with Crippen LogP contribution in [0.2, 0.25) is 0 Å². The van der Waals surface area contributed by atoms with Gasteiger partial charge < -0.3 is 5.32 Å². The summed E-state index contributed by atoms with van der Waals surface area (Å²) in [7, 11) is 0. The van der Waals surface area contributed by atoms with E-state index >= 15 is 0 Å². The van der Waals surface area contributed by atoms with E-state index < -0.39 is 6.03 Å². The number of imide groups is 1. The Balaban J connectivity index is 4.05. The first-order valence-corrected chi connectivity index (χ1v) is 7.04. The summed E-state index contributed by atoms with van der Waals surface area (Å²) >= 11 is 0. The molecule has 0 bridgehead atoms. The quantitative estimate of drug-likeness (QED) is 0.595. The molecule has 110 valence electrons. The second kappa shape index (κ2) is 11.7. The number of amides is 3. The third kappa shape index (κ3) is 10.3. The number of nitrogens with one attached hydrogen (secondary N) is 2. The van der Waals surface area contributed by atoms with E-state index in [4.69, 9.17) is 0 Å². The van der Waals surface area contributed by atoms with Crippen LogP contribution in [0.25, 0.3) is 0 Å². The smallest absolute Gasteiger partial charge is 0.321 e. The average Bonchev–Trinajstić information content (AvgIpc) is 2.39. The molecule has 0 aliphatic rings. The van der Waals surface area contributed by atoms with Crippen LogP contribution >= 0.6 is 0 Å². The van der Waals surface area contributed by atoms with Crippen molar-refractivity contribution in [2.24, 2.45) is 0 Å². The van der Waals surface area contributed by atoms with E-state index in [2.05, 4.69) is 36.0 Å². The van der Waals surface area contributed by atoms with Gasteiger partial charge >= 0.3 is 6.03 Å². The maximum absolute atomic E-state index is 11.7. The zero-order valence-corrected chi connectivity index (χ0v) is 12.2. The number of hydrogen-bond acceptors (Lipinski definition) is 3. The molecule has 2 N–H and O–H groups in total. The van der Waals surface area contributed by atoms with Gasteiger partial charge in [-0.05, 0) is 25.9 Å². The predicted octanol–water partition coefficient (Wildman–Crippen LogP) is 1.90. The highest BCUT2D eigenvalue weighted by molar-refractivity contribution is 5.95. The van der Waals surface area contributed by atoms with E-state index in [0.717, 1.165) is 38.8 Å². The zero-order valence-electron chi connectivity index (χ0n) is 12.2. The number of hydrogen-bond donors (Lipinski definition) is 2. The Morgan fingerprint density at radius 2 is 1.74 bits per heavy atom. The molecule has 3 amide bonds. The molecule has 0 atom stereocenters. The van der Waals surface area contributed by atoms with Crippen molar-refractivity contribution in [1.29, 1.82) is 0 Å². The minimum Gasteiger partial charge on any atom is -0.334 e. The minimum absolute atomic E-state index is 0.256. The second-order valence-electron chi connectivity index (χ2n) is 4.53. The van der Waals surface area contributed by atoms with Crippen LogP contribution in [0.1, 0.15) is 39.5 Å². The fourth-order valence-corrected chi connectivity index (χ4v) is 1.61. The van der Waals surface area contributed by atoms with Crippen LogP contribution in [-0.4, -0.2) is 43.0 Å². The van der Waals surface area contributed by atoms with Crippen LogP contribution in [-0.2, 0) is 4.79 Å². The van der Waals surface area contributed by atoms with Gasteiger partial charge in [0.25, 0.3) is 0 Å². The first kappa shape index (κ1) is 17.6. The van der Waals surface area contributed by atoms with Crippen molar-refractivity contribution in [3.63, 3.8) is 0 Å². The van der Waals surface area contributed by atoms with E-state index in [1.54, 1.807) is 6.08 Å². The largest absolute Gasteiger partial charge is 0.334 e. The van der Waals surface area contributed by atoms with Gasteiger partial charge in [0.15, 0.2) is 0 Å². The van der Waals surface area contributed by atoms with Gasteiger partial charge in [0.2, 0.25) is 5.91 Å². The molecule has 0 aliphatic heterocycles. The van der Waals surface area contributed by atoms with E-state index in [1.165, 1.54) is 0 Å². The van der Waals surface area contributed by atoms with E-state index in [1.807, 2.05) is 0 Å². The van der Waals surface area contributed by atoms with Crippen molar-refractivity contribution in [3.05, 3.63) is 12.7 Å². The molecular weight excluding hydrogens is 242 g/mol. The fourth-order valence-electron chi connectivity index (χ4n) is 1.61. The normalized spacial score (nSPS) is 10.3. The number of urea groups is 1. The Hall–Kier alpha value is -1.36. The first-order chi connectivity index (χ1) is 9.13. The lowest BCUT2D eigenvalue weighted by Crippen LogP contribution is -2.45. The maximum Gasteiger partial charge on any atom is 0.321 e. The second-order valence-corrected chi connectivity index (χ2v) is 4.53. The summed E-state index contributed by atoms with van der Waals surface area (Å²) in [6.07, 6.45) is 5.91. The Kier molecular flexibility index (Phi) is 10.9. The molecule has 5 nitrogen and oxygen atoms in total. The highest BCUT2D eigenvalue weighted by Crippen LogP contribution is 1.98. The summed E-state index contributed by atoms with van der Waals surface area (Å²) in [4.78, 5) is 25.1. The fraction of sp³-hybridized carbons (Fsp3) is 0.714. The minimum atomic E-state index is -0.462. The molecule has 0 aromatic carbocycles. The molecule has 0 fully saturated rings. The third-order valence-electron chi connectivity index (χ3n) is 2.68. The van der Waals surface area contributed by atoms with Gasteiger partial charge in [-0.25, -0.2) is 4.79 Å². The Morgan fingerprint density at radius 3 is 2.21 bits per heavy atom. The van der Waals surface area contributed by atoms with Crippen LogP contribution in [0.15, 0.2) is 12.7 Å². The van der Waals surface area contributed by atoms with Crippen molar-refractivity contribution in [2.75, 3.05) is 26.2 Å². The summed E-state index contributed by atoms with van der Waals surface area (Å²) in [5.74, 6) is -0.256. The van der Waals surface area contributed by atoms with Crippen molar-refractivity contribution < 1.29 is 9.59 Å². The first-order valence-electron chi connectivity index (χ1n) is 7.04. The van der Waals surface area contributed by atoms with Gasteiger partial charge in [0, 0.05) is 6.54 Å². The van der Waals surface area contributed by atoms with E-state index in [-0.39, 0.29) is 12.5 Å². The molecular formula is C14H27N3O2. The Bertz CT molecular complexity index is 272. The molecule has 0 aromatic rings. The zero-order chi connectivity index (χ0) is 14.5. The SMILES string of the molecule is C=CCNC(=O)NC(=O)CN(CCCC)CCCC. The van der Waals surface area contributed by atoms with Crippen molar-refractivity contribution in [2.45, 2.75) is 39.5 Å². The molecule has 0 unspecified atom stereocenters. The number of carbonyl (C=O) groups is 2. The van der Waals surface area contributed by atoms with Crippen molar-refractivity contribution in [3.8, 4) is 0 Å². The van der Waals surface area contributed by atoms with Gasteiger partial charge in [0.05, 0.1) is 6.54 Å². The molecule has 0 saturated heterocycles. The molecule has 19 heavy (non-hydrogen) atoms. The van der Waals surface area contributed by atoms with Gasteiger partial charge in [0.1, 0.15) is 0 Å². The molecule has 0 aromatic heterocycles. The standard InChI is InChI=1S/C14H27N3O2/c1-4-7-10-17(11-8-5-2)12-13(18)16-14(19)15-9-6-3/h6H,3-5,7-12H2,1-2H3,(H2,15,16,18,19). The highest BCUT2D eigenvalue weighted by atomic mass is 16.2. The molecule has 0 spiro atoms. The molecule has 0 radical (unpaired) electrons. The summed E-state index contributed by atoms with van der Waals surface area (Å²) in [5, 5.41) is 4.84. The lowest BCUT2D eigenvalue weighted by Gasteiger charge is -2.21. The Labute approximate surface area is 116 Å². The Morgan fingerprint density at radius 1 is 1.16 bits per heavy atom. The average molecular weight is 269 g/mol. The highest BCUT2D eigenvalue weighted by Gasteiger charge is 2.12. The lowest BCUT2D eigenvalue weighted by atomic mass is 10.2. The van der Waals surface area contributed by atoms with Crippen LogP contribution in [0.4, 0.5) is 4.79 Å². The van der Waals surface area contributed by atoms with Gasteiger partial charge in [-0.3, -0.25) is 15.0 Å². The predicted molar refractivity (Wildman–Crippen MR) is 78.0 cm³/mol. The summed E-state index contributed by atoms with van der Waals surface area (Å²) in [6.45, 7) is 10.2. The summed E-state index contributed by atoms with van der Waals surface area (Å²) in [5.41, 5.74) is 0. The molecule has 0 heterocycles. The number of unbranched alkanes of at least 4 members (excludes halogenated alkanes) is 2. The van der Waals surface area contributed by atoms with Gasteiger partial charge in [-0.15, -0.1) is 6.58 Å². The number of carbonyl (C=O) groups excluding carboxylic acids is 2. The molecule has 0 rings (SSSR count). The van der Waals surface area contributed by atoms with Crippen molar-refractivity contribution in [1.82, 2.24) is 15.5 Å². The molecule has 0 aliphatic carbocycles. The third-order valence-corrected chi connectivity index (χ3v) is 2.68. The number of nitrogens with zero attached hydrogens (tertiary/aromatic N) is 1. The van der Waals surface area contributed by atoms with E-state index in [9.17, 15) is 9.59 Å². The molecule has 5 heteroatoms.